The molecule has 0 fully saturated rings. The fourth-order valence-electron chi connectivity index (χ4n) is 2.27. The van der Waals surface area contributed by atoms with Gasteiger partial charge in [0.1, 0.15) is 5.78 Å². The van der Waals surface area contributed by atoms with Gasteiger partial charge in [0, 0.05) is 12.8 Å². The average Bonchev–Trinajstić information content (AvgIpc) is 2.42. The van der Waals surface area contributed by atoms with Crippen LogP contribution in [-0.2, 0) is 11.2 Å². The lowest BCUT2D eigenvalue weighted by Crippen LogP contribution is -2.02. The molecule has 0 spiro atoms. The number of hydrogen-bond acceptors (Lipinski definition) is 3. The SMILES string of the molecule is CCCCCCCCCC(=O)Cc1ccc(O)c(O)c1. The lowest BCUT2D eigenvalue weighted by atomic mass is 10.0. The minimum atomic E-state index is -0.161. The Labute approximate surface area is 121 Å². The maximum Gasteiger partial charge on any atom is 0.157 e. The molecule has 1 aromatic rings. The second-order valence-corrected chi connectivity index (χ2v) is 5.41. The van der Waals surface area contributed by atoms with Gasteiger partial charge in [-0.2, -0.15) is 0 Å². The van der Waals surface area contributed by atoms with E-state index in [1.807, 2.05) is 0 Å². The van der Waals surface area contributed by atoms with Crippen molar-refractivity contribution < 1.29 is 15.0 Å². The number of benzene rings is 1. The molecule has 0 radical (unpaired) electrons. The van der Waals surface area contributed by atoms with Gasteiger partial charge in [0.25, 0.3) is 0 Å². The van der Waals surface area contributed by atoms with Crippen molar-refractivity contribution in [1.82, 2.24) is 0 Å². The first-order valence-corrected chi connectivity index (χ1v) is 7.66. The van der Waals surface area contributed by atoms with Gasteiger partial charge in [0.15, 0.2) is 11.5 Å². The molecule has 0 saturated heterocycles. The van der Waals surface area contributed by atoms with E-state index in [0.717, 1.165) is 18.4 Å². The molecule has 20 heavy (non-hydrogen) atoms. The first-order valence-electron chi connectivity index (χ1n) is 7.66. The van der Waals surface area contributed by atoms with E-state index >= 15 is 0 Å². The minimum Gasteiger partial charge on any atom is -0.504 e. The normalized spacial score (nSPS) is 10.7. The van der Waals surface area contributed by atoms with Crippen LogP contribution in [0.1, 0.15) is 63.9 Å². The van der Waals surface area contributed by atoms with E-state index in [4.69, 9.17) is 0 Å². The molecule has 0 aliphatic heterocycles. The van der Waals surface area contributed by atoms with Crippen molar-refractivity contribution in [3.8, 4) is 11.5 Å². The largest absolute Gasteiger partial charge is 0.504 e. The Morgan fingerprint density at radius 1 is 0.950 bits per heavy atom. The predicted molar refractivity (Wildman–Crippen MR) is 81.1 cm³/mol. The quantitative estimate of drug-likeness (QED) is 0.494. The van der Waals surface area contributed by atoms with Crippen molar-refractivity contribution in [3.63, 3.8) is 0 Å². The molecule has 3 heteroatoms. The summed E-state index contributed by atoms with van der Waals surface area (Å²) in [6, 6.07) is 4.56. The molecule has 0 saturated carbocycles. The van der Waals surface area contributed by atoms with Crippen LogP contribution in [-0.4, -0.2) is 16.0 Å². The molecule has 0 aromatic heterocycles. The third-order valence-electron chi connectivity index (χ3n) is 3.50. The number of carbonyl (C=O) groups excluding carboxylic acids is 1. The number of unbranched alkanes of at least 4 members (excludes halogenated alkanes) is 6. The van der Waals surface area contributed by atoms with E-state index in [-0.39, 0.29) is 17.3 Å². The van der Waals surface area contributed by atoms with Crippen LogP contribution in [0.15, 0.2) is 18.2 Å². The average molecular weight is 278 g/mol. The van der Waals surface area contributed by atoms with E-state index in [1.54, 1.807) is 6.07 Å². The van der Waals surface area contributed by atoms with E-state index in [9.17, 15) is 15.0 Å². The third kappa shape index (κ3) is 6.60. The molecule has 0 heterocycles. The van der Waals surface area contributed by atoms with Gasteiger partial charge in [-0.15, -0.1) is 0 Å². The molecule has 1 rings (SSSR count). The van der Waals surface area contributed by atoms with Crippen molar-refractivity contribution in [2.24, 2.45) is 0 Å². The first kappa shape index (κ1) is 16.5. The topological polar surface area (TPSA) is 57.5 Å². The van der Waals surface area contributed by atoms with Crippen LogP contribution < -0.4 is 0 Å². The van der Waals surface area contributed by atoms with Gasteiger partial charge >= 0.3 is 0 Å². The summed E-state index contributed by atoms with van der Waals surface area (Å²) >= 11 is 0. The Morgan fingerprint density at radius 2 is 1.60 bits per heavy atom. The van der Waals surface area contributed by atoms with E-state index in [2.05, 4.69) is 6.92 Å². The molecule has 0 unspecified atom stereocenters. The number of hydrogen-bond donors (Lipinski definition) is 2. The summed E-state index contributed by atoms with van der Waals surface area (Å²) in [5.41, 5.74) is 0.758. The number of Topliss-reactive ketones (excluding diaryl/α,β-unsaturated/α-hetero) is 1. The number of carbonyl (C=O) groups is 1. The molecule has 3 nitrogen and oxygen atoms in total. The zero-order chi connectivity index (χ0) is 14.8. The summed E-state index contributed by atoms with van der Waals surface area (Å²) in [5, 5.41) is 18.6. The van der Waals surface area contributed by atoms with Gasteiger partial charge in [-0.3, -0.25) is 4.79 Å². The molecule has 0 amide bonds. The first-order chi connectivity index (χ1) is 9.63. The molecule has 112 valence electrons. The Morgan fingerprint density at radius 3 is 2.25 bits per heavy atom. The predicted octanol–water partition coefficient (Wildman–Crippen LogP) is 4.35. The van der Waals surface area contributed by atoms with E-state index in [1.165, 1.54) is 44.2 Å². The number of aromatic hydroxyl groups is 2. The van der Waals surface area contributed by atoms with Crippen molar-refractivity contribution in [1.29, 1.82) is 0 Å². The maximum absolute atomic E-state index is 11.8. The van der Waals surface area contributed by atoms with Gasteiger partial charge < -0.3 is 10.2 Å². The summed E-state index contributed by atoms with van der Waals surface area (Å²) in [6.07, 6.45) is 9.38. The van der Waals surface area contributed by atoms with Crippen LogP contribution in [0, 0.1) is 0 Å². The summed E-state index contributed by atoms with van der Waals surface area (Å²) in [4.78, 5) is 11.8. The van der Waals surface area contributed by atoms with E-state index < -0.39 is 0 Å². The van der Waals surface area contributed by atoms with E-state index in [0.29, 0.717) is 12.8 Å². The fourth-order valence-corrected chi connectivity index (χ4v) is 2.27. The zero-order valence-corrected chi connectivity index (χ0v) is 12.4. The fraction of sp³-hybridized carbons (Fsp3) is 0.588. The second-order valence-electron chi connectivity index (χ2n) is 5.41. The van der Waals surface area contributed by atoms with Crippen molar-refractivity contribution in [3.05, 3.63) is 23.8 Å². The lowest BCUT2D eigenvalue weighted by molar-refractivity contribution is -0.118. The Hall–Kier alpha value is -1.51. The number of phenols is 2. The zero-order valence-electron chi connectivity index (χ0n) is 12.4. The van der Waals surface area contributed by atoms with Gasteiger partial charge in [-0.25, -0.2) is 0 Å². The van der Waals surface area contributed by atoms with Gasteiger partial charge in [0.05, 0.1) is 0 Å². The minimum absolute atomic E-state index is 0.145. The highest BCUT2D eigenvalue weighted by molar-refractivity contribution is 5.81. The van der Waals surface area contributed by atoms with Crippen LogP contribution in [0.4, 0.5) is 0 Å². The monoisotopic (exact) mass is 278 g/mol. The Balaban J connectivity index is 2.15. The summed E-state index contributed by atoms with van der Waals surface area (Å²) in [7, 11) is 0. The van der Waals surface area contributed by atoms with Crippen LogP contribution in [0.5, 0.6) is 11.5 Å². The number of ketones is 1. The maximum atomic E-state index is 11.8. The summed E-state index contributed by atoms with van der Waals surface area (Å²) in [6.45, 7) is 2.21. The molecule has 1 aromatic carbocycles. The van der Waals surface area contributed by atoms with Gasteiger partial charge in [-0.05, 0) is 24.1 Å². The standard InChI is InChI=1S/C17H26O3/c1-2-3-4-5-6-7-8-9-15(18)12-14-10-11-16(19)17(20)13-14/h10-11,13,19-20H,2-9,12H2,1H3. The number of rotatable bonds is 10. The van der Waals surface area contributed by atoms with Crippen molar-refractivity contribution in [2.45, 2.75) is 64.7 Å². The molecular formula is C17H26O3. The molecular weight excluding hydrogens is 252 g/mol. The highest BCUT2D eigenvalue weighted by Gasteiger charge is 2.06. The van der Waals surface area contributed by atoms with Crippen molar-refractivity contribution in [2.75, 3.05) is 0 Å². The van der Waals surface area contributed by atoms with Gasteiger partial charge in [-0.1, -0.05) is 51.5 Å². The molecule has 0 atom stereocenters. The highest BCUT2D eigenvalue weighted by atomic mass is 16.3. The highest BCUT2D eigenvalue weighted by Crippen LogP contribution is 2.25. The molecule has 0 aliphatic carbocycles. The lowest BCUT2D eigenvalue weighted by Gasteiger charge is -2.04. The van der Waals surface area contributed by atoms with Crippen molar-refractivity contribution >= 4 is 5.78 Å². The summed E-state index contributed by atoms with van der Waals surface area (Å²) in [5.74, 6) is -0.108. The Kier molecular flexibility index (Phi) is 7.78. The smallest absolute Gasteiger partial charge is 0.157 e. The van der Waals surface area contributed by atoms with Gasteiger partial charge in [0.2, 0.25) is 0 Å². The molecule has 0 aliphatic rings. The molecule has 2 N–H and O–H groups in total. The Bertz CT molecular complexity index is 413. The second kappa shape index (κ2) is 9.40. The third-order valence-corrected chi connectivity index (χ3v) is 3.50. The van der Waals surface area contributed by atoms with Crippen LogP contribution in [0.2, 0.25) is 0 Å². The summed E-state index contributed by atoms with van der Waals surface area (Å²) < 4.78 is 0. The number of phenolic OH excluding ortho intramolecular Hbond substituents is 2. The van der Waals surface area contributed by atoms with Crippen LogP contribution in [0.25, 0.3) is 0 Å². The van der Waals surface area contributed by atoms with Crippen LogP contribution in [0.3, 0.4) is 0 Å². The van der Waals surface area contributed by atoms with Crippen LogP contribution >= 0.6 is 0 Å². The molecule has 0 bridgehead atoms.